The Morgan fingerprint density at radius 1 is 1.46 bits per heavy atom. The molecule has 2 atom stereocenters. The van der Waals surface area contributed by atoms with Gasteiger partial charge in [-0.15, -0.1) is 0 Å². The Kier molecular flexibility index (Phi) is 3.00. The molecule has 3 nitrogen and oxygen atoms in total. The van der Waals surface area contributed by atoms with Gasteiger partial charge in [0.1, 0.15) is 0 Å². The highest BCUT2D eigenvalue weighted by atomic mass is 16.3. The first-order valence-corrected chi connectivity index (χ1v) is 5.07. The molecule has 1 heterocycles. The Morgan fingerprint density at radius 3 is 2.46 bits per heavy atom. The summed E-state index contributed by atoms with van der Waals surface area (Å²) in [5, 5.41) is 13.7. The molecule has 0 spiro atoms. The van der Waals surface area contributed by atoms with Crippen molar-refractivity contribution in [3.8, 4) is 0 Å². The Hall–Kier alpha value is -0.120. The molecular formula is C10H22N2O. The first-order chi connectivity index (χ1) is 5.92. The third-order valence-electron chi connectivity index (χ3n) is 3.62. The molecular weight excluding hydrogens is 164 g/mol. The number of nitrogens with two attached hydrogens (primary N) is 1. The Morgan fingerprint density at radius 2 is 2.08 bits per heavy atom. The lowest BCUT2D eigenvalue weighted by Crippen LogP contribution is -2.57. The molecule has 0 saturated carbocycles. The van der Waals surface area contributed by atoms with E-state index in [1.54, 1.807) is 0 Å². The van der Waals surface area contributed by atoms with E-state index in [0.717, 1.165) is 19.4 Å². The lowest BCUT2D eigenvalue weighted by Gasteiger charge is -2.43. The minimum absolute atomic E-state index is 0.200. The molecule has 78 valence electrons. The van der Waals surface area contributed by atoms with Crippen molar-refractivity contribution >= 4 is 0 Å². The van der Waals surface area contributed by atoms with Crippen molar-refractivity contribution in [1.29, 1.82) is 0 Å². The molecule has 1 aliphatic rings. The van der Waals surface area contributed by atoms with Crippen LogP contribution in [0.2, 0.25) is 0 Å². The van der Waals surface area contributed by atoms with Crippen LogP contribution >= 0.6 is 0 Å². The predicted molar refractivity (Wildman–Crippen MR) is 54.5 cm³/mol. The summed E-state index contributed by atoms with van der Waals surface area (Å²) in [5.41, 5.74) is 4.74. The van der Waals surface area contributed by atoms with Crippen LogP contribution in [0, 0.1) is 5.41 Å². The van der Waals surface area contributed by atoms with Gasteiger partial charge in [-0.25, -0.2) is 0 Å². The Bertz CT molecular complexity index is 172. The van der Waals surface area contributed by atoms with Crippen molar-refractivity contribution in [3.05, 3.63) is 0 Å². The largest absolute Gasteiger partial charge is 0.388 e. The smallest absolute Gasteiger partial charge is 0.0834 e. The maximum atomic E-state index is 10.4. The molecule has 1 aliphatic heterocycles. The van der Waals surface area contributed by atoms with Crippen LogP contribution in [-0.2, 0) is 0 Å². The minimum atomic E-state index is -0.710. The lowest BCUT2D eigenvalue weighted by atomic mass is 9.71. The molecule has 0 aromatic carbocycles. The maximum Gasteiger partial charge on any atom is 0.0834 e. The van der Waals surface area contributed by atoms with E-state index in [2.05, 4.69) is 5.32 Å². The molecule has 2 unspecified atom stereocenters. The van der Waals surface area contributed by atoms with Crippen molar-refractivity contribution in [2.24, 2.45) is 11.1 Å². The van der Waals surface area contributed by atoms with Gasteiger partial charge in [-0.2, -0.15) is 0 Å². The van der Waals surface area contributed by atoms with Crippen LogP contribution in [0.5, 0.6) is 0 Å². The summed E-state index contributed by atoms with van der Waals surface area (Å²) < 4.78 is 0. The summed E-state index contributed by atoms with van der Waals surface area (Å²) in [6.45, 7) is 7.46. The highest BCUT2D eigenvalue weighted by molar-refractivity contribution is 5.01. The average molecular weight is 186 g/mol. The zero-order valence-electron chi connectivity index (χ0n) is 8.93. The second kappa shape index (κ2) is 3.56. The fourth-order valence-electron chi connectivity index (χ4n) is 1.84. The predicted octanol–water partition coefficient (Wildman–Crippen LogP) is 0.474. The minimum Gasteiger partial charge on any atom is -0.388 e. The van der Waals surface area contributed by atoms with Crippen molar-refractivity contribution < 1.29 is 5.11 Å². The summed E-state index contributed by atoms with van der Waals surface area (Å²) in [6.07, 6.45) is 2.21. The van der Waals surface area contributed by atoms with Gasteiger partial charge in [0, 0.05) is 18.0 Å². The molecule has 0 aromatic rings. The number of hydrogen-bond donors (Lipinski definition) is 3. The fourth-order valence-corrected chi connectivity index (χ4v) is 1.84. The molecule has 0 bridgehead atoms. The lowest BCUT2D eigenvalue weighted by molar-refractivity contribution is -0.0711. The third-order valence-corrected chi connectivity index (χ3v) is 3.62. The molecule has 0 aromatic heterocycles. The van der Waals surface area contributed by atoms with Crippen LogP contribution in [0.3, 0.4) is 0 Å². The van der Waals surface area contributed by atoms with Crippen LogP contribution in [0.4, 0.5) is 0 Å². The summed E-state index contributed by atoms with van der Waals surface area (Å²) in [6, 6.07) is 0.200. The molecule has 0 radical (unpaired) electrons. The molecule has 0 amide bonds. The molecule has 4 N–H and O–H groups in total. The van der Waals surface area contributed by atoms with Gasteiger partial charge in [0.15, 0.2) is 0 Å². The van der Waals surface area contributed by atoms with Gasteiger partial charge in [-0.3, -0.25) is 0 Å². The highest BCUT2D eigenvalue weighted by Gasteiger charge is 2.45. The van der Waals surface area contributed by atoms with Crippen molar-refractivity contribution in [3.63, 3.8) is 0 Å². The summed E-state index contributed by atoms with van der Waals surface area (Å²) in [7, 11) is 0. The van der Waals surface area contributed by atoms with Crippen molar-refractivity contribution in [1.82, 2.24) is 5.32 Å². The van der Waals surface area contributed by atoms with Crippen molar-refractivity contribution in [2.45, 2.75) is 45.3 Å². The van der Waals surface area contributed by atoms with Crippen molar-refractivity contribution in [2.75, 3.05) is 13.1 Å². The van der Waals surface area contributed by atoms with E-state index >= 15 is 0 Å². The van der Waals surface area contributed by atoms with Crippen LogP contribution in [0.25, 0.3) is 0 Å². The van der Waals surface area contributed by atoms with Gasteiger partial charge in [-0.1, -0.05) is 13.8 Å². The monoisotopic (exact) mass is 186 g/mol. The standard InChI is InChI=1S/C10H22N2O/c1-9(2,7-11)10(3,13)8-5-4-6-12-8/h8,12-13H,4-7,11H2,1-3H3. The Balaban J connectivity index is 2.73. The fraction of sp³-hybridized carbons (Fsp3) is 1.00. The van der Waals surface area contributed by atoms with Crippen LogP contribution in [0.1, 0.15) is 33.6 Å². The summed E-state index contributed by atoms with van der Waals surface area (Å²) >= 11 is 0. The zero-order chi connectivity index (χ0) is 10.1. The van der Waals surface area contributed by atoms with E-state index < -0.39 is 5.60 Å². The van der Waals surface area contributed by atoms with E-state index in [0.29, 0.717) is 6.54 Å². The molecule has 1 fully saturated rings. The number of hydrogen-bond acceptors (Lipinski definition) is 3. The average Bonchev–Trinajstić information content (AvgIpc) is 2.56. The molecule has 1 rings (SSSR count). The summed E-state index contributed by atoms with van der Waals surface area (Å²) in [5.74, 6) is 0. The van der Waals surface area contributed by atoms with Gasteiger partial charge in [0.2, 0.25) is 0 Å². The van der Waals surface area contributed by atoms with Crippen LogP contribution in [-0.4, -0.2) is 29.8 Å². The van der Waals surface area contributed by atoms with E-state index in [9.17, 15) is 5.11 Å². The van der Waals surface area contributed by atoms with Gasteiger partial charge < -0.3 is 16.2 Å². The number of aliphatic hydroxyl groups is 1. The molecule has 0 aliphatic carbocycles. The van der Waals surface area contributed by atoms with Gasteiger partial charge in [0.05, 0.1) is 5.60 Å². The topological polar surface area (TPSA) is 58.3 Å². The first-order valence-electron chi connectivity index (χ1n) is 5.07. The quantitative estimate of drug-likeness (QED) is 0.600. The molecule has 3 heteroatoms. The van der Waals surface area contributed by atoms with Crippen LogP contribution in [0.15, 0.2) is 0 Å². The molecule has 1 saturated heterocycles. The summed E-state index contributed by atoms with van der Waals surface area (Å²) in [4.78, 5) is 0. The maximum absolute atomic E-state index is 10.4. The third kappa shape index (κ3) is 1.87. The Labute approximate surface area is 80.7 Å². The molecule has 13 heavy (non-hydrogen) atoms. The first kappa shape index (κ1) is 11.0. The van der Waals surface area contributed by atoms with E-state index in [1.807, 2.05) is 20.8 Å². The number of rotatable bonds is 3. The second-order valence-corrected chi connectivity index (χ2v) is 4.88. The van der Waals surface area contributed by atoms with E-state index in [1.165, 1.54) is 0 Å². The van der Waals surface area contributed by atoms with Gasteiger partial charge in [-0.05, 0) is 26.3 Å². The normalized spacial score (nSPS) is 28.8. The van der Waals surface area contributed by atoms with Gasteiger partial charge in [0.25, 0.3) is 0 Å². The highest BCUT2D eigenvalue weighted by Crippen LogP contribution is 2.35. The zero-order valence-corrected chi connectivity index (χ0v) is 8.93. The SMILES string of the molecule is CC(C)(CN)C(C)(O)C1CCCN1. The van der Waals surface area contributed by atoms with E-state index in [-0.39, 0.29) is 11.5 Å². The number of nitrogens with one attached hydrogen (secondary N) is 1. The second-order valence-electron chi connectivity index (χ2n) is 4.88. The van der Waals surface area contributed by atoms with Crippen LogP contribution < -0.4 is 11.1 Å². The van der Waals surface area contributed by atoms with Gasteiger partial charge >= 0.3 is 0 Å². The van der Waals surface area contributed by atoms with E-state index in [4.69, 9.17) is 5.73 Å².